The number of aliphatic hydroxyl groups excluding tert-OH is 2. The second kappa shape index (κ2) is 39.5. The zero-order valence-electron chi connectivity index (χ0n) is 34.0. The summed E-state index contributed by atoms with van der Waals surface area (Å²) >= 11 is 0. The standard InChI is InChI=1S/C45H85NO5/c1-4-7-10-13-16-19-21-22-23-24-26-29-32-35-38-45(50)51-41(36-33-30-27-18-15-12-9-6-3)39-44(49)46-42(40-47)43(48)37-34-31-28-25-20-17-14-11-8-5-2/h12,15,23-24,41-43,47-48H,4-11,13-14,16-22,25-40H2,1-3H3,(H,46,49)/b15-12-,24-23-. The van der Waals surface area contributed by atoms with Crippen LogP contribution in [0.4, 0.5) is 0 Å². The topological polar surface area (TPSA) is 95.9 Å². The van der Waals surface area contributed by atoms with Crippen LogP contribution < -0.4 is 5.32 Å². The number of esters is 1. The number of rotatable bonds is 39. The fourth-order valence-corrected chi connectivity index (χ4v) is 6.60. The highest BCUT2D eigenvalue weighted by molar-refractivity contribution is 5.77. The van der Waals surface area contributed by atoms with Crippen molar-refractivity contribution in [2.45, 2.75) is 244 Å². The third kappa shape index (κ3) is 35.2. The molecule has 0 aromatic rings. The molecule has 0 aliphatic carbocycles. The number of unbranched alkanes of at least 4 members (excludes halogenated alkanes) is 23. The molecule has 0 spiro atoms. The van der Waals surface area contributed by atoms with Gasteiger partial charge in [0.2, 0.25) is 5.91 Å². The molecule has 0 heterocycles. The first kappa shape index (κ1) is 49.3. The summed E-state index contributed by atoms with van der Waals surface area (Å²) in [5.41, 5.74) is 0. The number of carbonyl (C=O) groups excluding carboxylic acids is 2. The van der Waals surface area contributed by atoms with E-state index in [-0.39, 0.29) is 24.9 Å². The van der Waals surface area contributed by atoms with Crippen molar-refractivity contribution in [3.05, 3.63) is 24.3 Å². The van der Waals surface area contributed by atoms with Crippen molar-refractivity contribution in [1.29, 1.82) is 0 Å². The monoisotopic (exact) mass is 720 g/mol. The Morgan fingerprint density at radius 3 is 1.49 bits per heavy atom. The van der Waals surface area contributed by atoms with Crippen LogP contribution in [0.15, 0.2) is 24.3 Å². The van der Waals surface area contributed by atoms with Crippen LogP contribution >= 0.6 is 0 Å². The van der Waals surface area contributed by atoms with Crippen molar-refractivity contribution in [1.82, 2.24) is 5.32 Å². The van der Waals surface area contributed by atoms with Gasteiger partial charge in [-0.1, -0.05) is 167 Å². The van der Waals surface area contributed by atoms with Crippen molar-refractivity contribution in [3.63, 3.8) is 0 Å². The summed E-state index contributed by atoms with van der Waals surface area (Å²) in [6, 6.07) is -0.702. The van der Waals surface area contributed by atoms with E-state index in [4.69, 9.17) is 4.74 Å². The Labute approximate surface area is 316 Å². The number of hydrogen-bond acceptors (Lipinski definition) is 5. The second-order valence-electron chi connectivity index (χ2n) is 15.1. The van der Waals surface area contributed by atoms with Gasteiger partial charge in [-0.15, -0.1) is 0 Å². The number of hydrogen-bond donors (Lipinski definition) is 3. The average Bonchev–Trinajstić information content (AvgIpc) is 3.12. The molecule has 300 valence electrons. The molecule has 0 radical (unpaired) electrons. The summed E-state index contributed by atoms with van der Waals surface area (Å²) in [7, 11) is 0. The summed E-state index contributed by atoms with van der Waals surface area (Å²) in [5.74, 6) is -0.510. The van der Waals surface area contributed by atoms with E-state index in [1.807, 2.05) is 0 Å². The lowest BCUT2D eigenvalue weighted by Gasteiger charge is -2.24. The smallest absolute Gasteiger partial charge is 0.306 e. The number of nitrogens with one attached hydrogen (secondary N) is 1. The molecule has 0 aliphatic rings. The molecule has 1 amide bonds. The Morgan fingerprint density at radius 1 is 0.549 bits per heavy atom. The van der Waals surface area contributed by atoms with Crippen LogP contribution in [0.5, 0.6) is 0 Å². The van der Waals surface area contributed by atoms with Crippen molar-refractivity contribution >= 4 is 11.9 Å². The molecule has 0 aliphatic heterocycles. The summed E-state index contributed by atoms with van der Waals surface area (Å²) in [6.07, 6.45) is 42.5. The van der Waals surface area contributed by atoms with Gasteiger partial charge in [-0.05, 0) is 70.6 Å². The van der Waals surface area contributed by atoms with Crippen molar-refractivity contribution in [3.8, 4) is 0 Å². The first-order valence-electron chi connectivity index (χ1n) is 22.1. The van der Waals surface area contributed by atoms with E-state index in [9.17, 15) is 19.8 Å². The SMILES string of the molecule is CCC/C=C\CCCCCC(CC(=O)NC(CO)C(O)CCCCCCCCCCCC)OC(=O)CCCCC/C=C\CCCCCCCCC. The third-order valence-electron chi connectivity index (χ3n) is 9.98. The van der Waals surface area contributed by atoms with Gasteiger partial charge in [0.1, 0.15) is 6.10 Å². The van der Waals surface area contributed by atoms with E-state index >= 15 is 0 Å². The van der Waals surface area contributed by atoms with Gasteiger partial charge >= 0.3 is 5.97 Å². The maximum Gasteiger partial charge on any atom is 0.306 e. The van der Waals surface area contributed by atoms with Crippen LogP contribution in [0.1, 0.15) is 226 Å². The van der Waals surface area contributed by atoms with Gasteiger partial charge in [-0.2, -0.15) is 0 Å². The largest absolute Gasteiger partial charge is 0.462 e. The maximum atomic E-state index is 13.0. The highest BCUT2D eigenvalue weighted by Crippen LogP contribution is 2.17. The molecule has 0 aromatic heterocycles. The van der Waals surface area contributed by atoms with Gasteiger partial charge in [0.25, 0.3) is 0 Å². The van der Waals surface area contributed by atoms with Gasteiger partial charge in [0.05, 0.1) is 25.2 Å². The first-order chi connectivity index (χ1) is 25.0. The van der Waals surface area contributed by atoms with Gasteiger partial charge in [-0.25, -0.2) is 0 Å². The molecule has 6 nitrogen and oxygen atoms in total. The van der Waals surface area contributed by atoms with Crippen LogP contribution in [0, 0.1) is 0 Å². The number of aliphatic hydroxyl groups is 2. The first-order valence-corrected chi connectivity index (χ1v) is 22.1. The van der Waals surface area contributed by atoms with Crippen LogP contribution in [-0.2, 0) is 14.3 Å². The number of carbonyl (C=O) groups is 2. The number of allylic oxidation sites excluding steroid dienone is 4. The van der Waals surface area contributed by atoms with Gasteiger partial charge < -0.3 is 20.3 Å². The van der Waals surface area contributed by atoms with E-state index in [1.54, 1.807) is 0 Å². The summed E-state index contributed by atoms with van der Waals surface area (Å²) in [6.45, 7) is 6.37. The molecule has 0 saturated heterocycles. The lowest BCUT2D eigenvalue weighted by molar-refractivity contribution is -0.151. The zero-order chi connectivity index (χ0) is 37.5. The summed E-state index contributed by atoms with van der Waals surface area (Å²) in [4.78, 5) is 25.8. The Kier molecular flexibility index (Phi) is 38.3. The molecular weight excluding hydrogens is 634 g/mol. The summed E-state index contributed by atoms with van der Waals surface area (Å²) < 4.78 is 5.86. The fraction of sp³-hybridized carbons (Fsp3) is 0.867. The van der Waals surface area contributed by atoms with Crippen molar-refractivity contribution < 1.29 is 24.5 Å². The highest BCUT2D eigenvalue weighted by Gasteiger charge is 2.24. The van der Waals surface area contributed by atoms with Crippen LogP contribution in [0.25, 0.3) is 0 Å². The number of amides is 1. The second-order valence-corrected chi connectivity index (χ2v) is 15.1. The molecule has 51 heavy (non-hydrogen) atoms. The van der Waals surface area contributed by atoms with Crippen LogP contribution in [0.2, 0.25) is 0 Å². The zero-order valence-corrected chi connectivity index (χ0v) is 34.0. The predicted octanol–water partition coefficient (Wildman–Crippen LogP) is 12.4. The van der Waals surface area contributed by atoms with Gasteiger partial charge in [0, 0.05) is 6.42 Å². The summed E-state index contributed by atoms with van der Waals surface area (Å²) in [5, 5.41) is 23.5. The molecule has 0 aromatic carbocycles. The average molecular weight is 720 g/mol. The molecule has 3 N–H and O–H groups in total. The van der Waals surface area contributed by atoms with Crippen LogP contribution in [-0.4, -0.2) is 46.9 Å². The molecule has 3 unspecified atom stereocenters. The lowest BCUT2D eigenvalue weighted by Crippen LogP contribution is -2.46. The molecule has 3 atom stereocenters. The molecule has 0 bridgehead atoms. The minimum absolute atomic E-state index is 0.0627. The highest BCUT2D eigenvalue weighted by atomic mass is 16.5. The van der Waals surface area contributed by atoms with E-state index < -0.39 is 18.2 Å². The molecule has 0 fully saturated rings. The third-order valence-corrected chi connectivity index (χ3v) is 9.98. The predicted molar refractivity (Wildman–Crippen MR) is 218 cm³/mol. The Hall–Kier alpha value is -1.66. The van der Waals surface area contributed by atoms with Crippen molar-refractivity contribution in [2.75, 3.05) is 6.61 Å². The molecule has 0 rings (SSSR count). The molecular formula is C45H85NO5. The fourth-order valence-electron chi connectivity index (χ4n) is 6.60. The minimum Gasteiger partial charge on any atom is -0.462 e. The normalized spacial score (nSPS) is 13.6. The van der Waals surface area contributed by atoms with Crippen molar-refractivity contribution in [2.24, 2.45) is 0 Å². The van der Waals surface area contributed by atoms with E-state index in [0.29, 0.717) is 19.3 Å². The van der Waals surface area contributed by atoms with E-state index in [0.717, 1.165) is 83.5 Å². The van der Waals surface area contributed by atoms with E-state index in [1.165, 1.54) is 96.3 Å². The minimum atomic E-state index is -0.787. The Bertz CT molecular complexity index is 812. The van der Waals surface area contributed by atoms with E-state index in [2.05, 4.69) is 50.4 Å². The molecule has 6 heteroatoms. The van der Waals surface area contributed by atoms with Crippen LogP contribution in [0.3, 0.4) is 0 Å². The Balaban J connectivity index is 4.53. The van der Waals surface area contributed by atoms with Gasteiger partial charge in [0.15, 0.2) is 0 Å². The lowest BCUT2D eigenvalue weighted by atomic mass is 10.0. The molecule has 0 saturated carbocycles. The quantitative estimate of drug-likeness (QED) is 0.0334. The van der Waals surface area contributed by atoms with Gasteiger partial charge in [-0.3, -0.25) is 9.59 Å². The Morgan fingerprint density at radius 2 is 0.980 bits per heavy atom. The number of ether oxygens (including phenoxy) is 1. The maximum absolute atomic E-state index is 13.0.